The van der Waals surface area contributed by atoms with Crippen LogP contribution in [0.2, 0.25) is 0 Å². The zero-order valence-electron chi connectivity index (χ0n) is 10.5. The van der Waals surface area contributed by atoms with E-state index in [4.69, 9.17) is 5.73 Å². The molecule has 1 atom stereocenters. The Kier molecular flexibility index (Phi) is 5.01. The standard InChI is InChI=1S/C10H20N4S2/c1-6(2)14(7(3)4)8(5)15-10-13-12-9(11)16-10/h6-8H,1-5H3,(H2,11,12). The van der Waals surface area contributed by atoms with Crippen molar-refractivity contribution in [3.8, 4) is 0 Å². The maximum atomic E-state index is 5.57. The predicted octanol–water partition coefficient (Wildman–Crippen LogP) is 2.68. The van der Waals surface area contributed by atoms with E-state index >= 15 is 0 Å². The first-order chi connectivity index (χ1) is 7.41. The predicted molar refractivity (Wildman–Crippen MR) is 71.8 cm³/mol. The van der Waals surface area contributed by atoms with Gasteiger partial charge in [-0.15, -0.1) is 10.2 Å². The molecule has 0 aliphatic rings. The van der Waals surface area contributed by atoms with Gasteiger partial charge in [0.25, 0.3) is 0 Å². The molecule has 6 heteroatoms. The summed E-state index contributed by atoms with van der Waals surface area (Å²) in [5.74, 6) is 0. The molecule has 0 fully saturated rings. The number of nitrogens with zero attached hydrogens (tertiary/aromatic N) is 3. The second kappa shape index (κ2) is 5.84. The summed E-state index contributed by atoms with van der Waals surface area (Å²) in [5, 5.41) is 8.78. The summed E-state index contributed by atoms with van der Waals surface area (Å²) < 4.78 is 0.941. The third kappa shape index (κ3) is 3.61. The molecular weight excluding hydrogens is 240 g/mol. The largest absolute Gasteiger partial charge is 0.374 e. The van der Waals surface area contributed by atoms with Crippen molar-refractivity contribution in [2.24, 2.45) is 0 Å². The number of hydrogen-bond donors (Lipinski definition) is 1. The van der Waals surface area contributed by atoms with E-state index in [1.165, 1.54) is 11.3 Å². The van der Waals surface area contributed by atoms with Crippen LogP contribution in [0.25, 0.3) is 0 Å². The average molecular weight is 260 g/mol. The quantitative estimate of drug-likeness (QED) is 0.651. The van der Waals surface area contributed by atoms with Crippen molar-refractivity contribution in [2.45, 2.75) is 56.4 Å². The highest BCUT2D eigenvalue weighted by Crippen LogP contribution is 2.30. The first-order valence-corrected chi connectivity index (χ1v) is 7.14. The minimum Gasteiger partial charge on any atom is -0.374 e. The molecule has 0 aromatic carbocycles. The van der Waals surface area contributed by atoms with Gasteiger partial charge in [0, 0.05) is 12.1 Å². The SMILES string of the molecule is CC(C)N(C(C)C)C(C)Sc1nnc(N)s1. The number of hydrogen-bond acceptors (Lipinski definition) is 6. The summed E-state index contributed by atoms with van der Waals surface area (Å²) in [7, 11) is 0. The van der Waals surface area contributed by atoms with E-state index in [9.17, 15) is 0 Å². The summed E-state index contributed by atoms with van der Waals surface area (Å²) >= 11 is 3.17. The Hall–Kier alpha value is -0.330. The highest BCUT2D eigenvalue weighted by molar-refractivity contribution is 8.01. The van der Waals surface area contributed by atoms with Gasteiger partial charge in [-0.3, -0.25) is 4.90 Å². The van der Waals surface area contributed by atoms with Gasteiger partial charge in [-0.2, -0.15) is 0 Å². The Morgan fingerprint density at radius 1 is 1.12 bits per heavy atom. The Labute approximate surface area is 106 Å². The molecule has 1 heterocycles. The van der Waals surface area contributed by atoms with Gasteiger partial charge in [0.05, 0.1) is 5.37 Å². The summed E-state index contributed by atoms with van der Waals surface area (Å²) in [6, 6.07) is 1.04. The minimum atomic E-state index is 0.382. The van der Waals surface area contributed by atoms with Crippen molar-refractivity contribution >= 4 is 28.2 Å². The van der Waals surface area contributed by atoms with Crippen LogP contribution in [0.4, 0.5) is 5.13 Å². The number of aromatic nitrogens is 2. The van der Waals surface area contributed by atoms with E-state index in [1.54, 1.807) is 11.8 Å². The maximum Gasteiger partial charge on any atom is 0.203 e. The van der Waals surface area contributed by atoms with Gasteiger partial charge in [0.15, 0.2) is 4.34 Å². The fourth-order valence-corrected chi connectivity index (χ4v) is 4.11. The number of nitrogen functional groups attached to an aromatic ring is 1. The Morgan fingerprint density at radius 2 is 1.69 bits per heavy atom. The number of thioether (sulfide) groups is 1. The van der Waals surface area contributed by atoms with Gasteiger partial charge in [0.2, 0.25) is 5.13 Å². The second-order valence-electron chi connectivity index (χ2n) is 4.26. The van der Waals surface area contributed by atoms with Gasteiger partial charge in [-0.1, -0.05) is 23.1 Å². The maximum absolute atomic E-state index is 5.57. The molecule has 0 radical (unpaired) electrons. The highest BCUT2D eigenvalue weighted by atomic mass is 32.2. The van der Waals surface area contributed by atoms with Crippen molar-refractivity contribution in [3.63, 3.8) is 0 Å². The van der Waals surface area contributed by atoms with E-state index in [0.717, 1.165) is 4.34 Å². The normalized spacial score (nSPS) is 14.0. The zero-order valence-corrected chi connectivity index (χ0v) is 12.1. The van der Waals surface area contributed by atoms with Crippen LogP contribution >= 0.6 is 23.1 Å². The minimum absolute atomic E-state index is 0.382. The molecule has 1 rings (SSSR count). The highest BCUT2D eigenvalue weighted by Gasteiger charge is 2.22. The van der Waals surface area contributed by atoms with Gasteiger partial charge < -0.3 is 5.73 Å². The van der Waals surface area contributed by atoms with E-state index in [2.05, 4.69) is 49.7 Å². The number of anilines is 1. The van der Waals surface area contributed by atoms with Crippen LogP contribution in [0, 0.1) is 0 Å². The summed E-state index contributed by atoms with van der Waals surface area (Å²) in [6.45, 7) is 11.1. The third-order valence-electron chi connectivity index (χ3n) is 2.31. The molecule has 0 amide bonds. The van der Waals surface area contributed by atoms with Gasteiger partial charge in [0.1, 0.15) is 0 Å². The lowest BCUT2D eigenvalue weighted by Crippen LogP contribution is -2.41. The topological polar surface area (TPSA) is 55.0 Å². The molecule has 0 bridgehead atoms. The monoisotopic (exact) mass is 260 g/mol. The van der Waals surface area contributed by atoms with Crippen LogP contribution in [0.1, 0.15) is 34.6 Å². The summed E-state index contributed by atoms with van der Waals surface area (Å²) in [6.07, 6.45) is 0. The van der Waals surface area contributed by atoms with Crippen LogP contribution < -0.4 is 5.73 Å². The Balaban J connectivity index is 2.65. The van der Waals surface area contributed by atoms with Crippen molar-refractivity contribution in [2.75, 3.05) is 5.73 Å². The van der Waals surface area contributed by atoms with Crippen LogP contribution in [0.15, 0.2) is 4.34 Å². The molecule has 92 valence electrons. The molecule has 16 heavy (non-hydrogen) atoms. The lowest BCUT2D eigenvalue weighted by atomic mass is 10.2. The first kappa shape index (κ1) is 13.7. The van der Waals surface area contributed by atoms with Crippen molar-refractivity contribution in [1.29, 1.82) is 0 Å². The zero-order chi connectivity index (χ0) is 12.3. The fraction of sp³-hybridized carbons (Fsp3) is 0.800. The lowest BCUT2D eigenvalue weighted by Gasteiger charge is -2.35. The molecule has 1 unspecified atom stereocenters. The van der Waals surface area contributed by atoms with Gasteiger partial charge in [-0.25, -0.2) is 0 Å². The molecule has 4 nitrogen and oxygen atoms in total. The number of rotatable bonds is 5. The summed E-state index contributed by atoms with van der Waals surface area (Å²) in [5.41, 5.74) is 5.57. The van der Waals surface area contributed by atoms with Crippen LogP contribution in [-0.2, 0) is 0 Å². The van der Waals surface area contributed by atoms with Gasteiger partial charge >= 0.3 is 0 Å². The molecule has 0 saturated carbocycles. The second-order valence-corrected chi connectivity index (χ2v) is 6.83. The Bertz CT molecular complexity index is 316. The van der Waals surface area contributed by atoms with Crippen LogP contribution in [0.3, 0.4) is 0 Å². The van der Waals surface area contributed by atoms with Crippen LogP contribution in [-0.4, -0.2) is 32.6 Å². The van der Waals surface area contributed by atoms with Crippen molar-refractivity contribution < 1.29 is 0 Å². The smallest absolute Gasteiger partial charge is 0.203 e. The van der Waals surface area contributed by atoms with E-state index in [-0.39, 0.29) is 0 Å². The summed E-state index contributed by atoms with van der Waals surface area (Å²) in [4.78, 5) is 2.45. The fourth-order valence-electron chi connectivity index (χ4n) is 1.91. The molecule has 0 aliphatic carbocycles. The Morgan fingerprint density at radius 3 is 2.06 bits per heavy atom. The average Bonchev–Trinajstić information content (AvgIpc) is 2.49. The molecule has 0 aliphatic heterocycles. The molecular formula is C10H20N4S2. The molecule has 0 spiro atoms. The van der Waals surface area contributed by atoms with Crippen LogP contribution in [0.5, 0.6) is 0 Å². The van der Waals surface area contributed by atoms with Crippen molar-refractivity contribution in [1.82, 2.24) is 15.1 Å². The lowest BCUT2D eigenvalue weighted by molar-refractivity contribution is 0.168. The first-order valence-electron chi connectivity index (χ1n) is 5.45. The molecule has 0 saturated heterocycles. The van der Waals surface area contributed by atoms with E-state index in [0.29, 0.717) is 22.6 Å². The number of nitrogens with two attached hydrogens (primary N) is 1. The van der Waals surface area contributed by atoms with E-state index in [1.807, 2.05) is 0 Å². The van der Waals surface area contributed by atoms with E-state index < -0.39 is 0 Å². The molecule has 1 aromatic rings. The molecule has 1 aromatic heterocycles. The third-order valence-corrected chi connectivity index (χ3v) is 4.26. The molecule has 2 N–H and O–H groups in total. The van der Waals surface area contributed by atoms with Crippen molar-refractivity contribution in [3.05, 3.63) is 0 Å². The van der Waals surface area contributed by atoms with Gasteiger partial charge in [-0.05, 0) is 34.6 Å².